The van der Waals surface area contributed by atoms with E-state index >= 15 is 0 Å². The smallest absolute Gasteiger partial charge is 0.342 e. The molecule has 2 aromatic heterocycles. The first-order valence-electron chi connectivity index (χ1n) is 8.33. The largest absolute Gasteiger partial charge is 0.496 e. The summed E-state index contributed by atoms with van der Waals surface area (Å²) in [5.41, 5.74) is 0.880. The van der Waals surface area contributed by atoms with E-state index in [1.54, 1.807) is 19.1 Å². The van der Waals surface area contributed by atoms with Gasteiger partial charge in [0.15, 0.2) is 18.1 Å². The Balaban J connectivity index is 1.75. The molecule has 0 N–H and O–H groups in total. The second-order valence-electron chi connectivity index (χ2n) is 5.81. The second-order valence-corrected chi connectivity index (χ2v) is 5.81. The van der Waals surface area contributed by atoms with E-state index in [2.05, 4.69) is 10.2 Å². The summed E-state index contributed by atoms with van der Waals surface area (Å²) in [6, 6.07) is 4.83. The predicted molar refractivity (Wildman–Crippen MR) is 96.7 cm³/mol. The molecule has 0 saturated carbocycles. The molecule has 0 saturated heterocycles. The summed E-state index contributed by atoms with van der Waals surface area (Å²) in [6.45, 7) is 3.43. The van der Waals surface area contributed by atoms with Gasteiger partial charge in [-0.05, 0) is 19.9 Å². The number of benzene rings is 1. The van der Waals surface area contributed by atoms with Gasteiger partial charge in [-0.3, -0.25) is 0 Å². The van der Waals surface area contributed by atoms with E-state index in [4.69, 9.17) is 27.8 Å². The standard InChI is InChI=1S/C19H20N2O7/c1-10-6-12(11(2)27-10)18-21-20-17(28-18)9-26-19(22)13-7-15(24-4)16(25-5)8-14(13)23-3/h6-8H,9H2,1-5H3. The molecule has 28 heavy (non-hydrogen) atoms. The van der Waals surface area contributed by atoms with E-state index in [0.29, 0.717) is 34.5 Å². The zero-order valence-corrected chi connectivity index (χ0v) is 16.2. The molecule has 0 unspecified atom stereocenters. The normalized spacial score (nSPS) is 10.6. The summed E-state index contributed by atoms with van der Waals surface area (Å²) in [5, 5.41) is 7.87. The maximum atomic E-state index is 12.5. The molecule has 9 heteroatoms. The van der Waals surface area contributed by atoms with Gasteiger partial charge in [-0.1, -0.05) is 0 Å². The molecule has 0 aliphatic heterocycles. The number of furan rings is 1. The van der Waals surface area contributed by atoms with Gasteiger partial charge in [-0.2, -0.15) is 0 Å². The Kier molecular flexibility index (Phi) is 5.53. The molecule has 3 aromatic rings. The minimum atomic E-state index is -0.632. The van der Waals surface area contributed by atoms with Crippen molar-refractivity contribution in [3.05, 3.63) is 41.2 Å². The zero-order valence-electron chi connectivity index (χ0n) is 16.2. The highest BCUT2D eigenvalue weighted by Gasteiger charge is 2.20. The Morgan fingerprint density at radius 1 is 0.929 bits per heavy atom. The van der Waals surface area contributed by atoms with Crippen LogP contribution in [0.25, 0.3) is 11.5 Å². The number of hydrogen-bond acceptors (Lipinski definition) is 9. The van der Waals surface area contributed by atoms with Gasteiger partial charge in [0.05, 0.1) is 26.9 Å². The molecule has 0 radical (unpaired) electrons. The average Bonchev–Trinajstić information content (AvgIpc) is 3.30. The van der Waals surface area contributed by atoms with Crippen molar-refractivity contribution in [1.29, 1.82) is 0 Å². The number of methoxy groups -OCH3 is 3. The van der Waals surface area contributed by atoms with Gasteiger partial charge in [0.25, 0.3) is 11.8 Å². The lowest BCUT2D eigenvalue weighted by atomic mass is 10.1. The molecule has 3 rings (SSSR count). The first-order valence-corrected chi connectivity index (χ1v) is 8.33. The van der Waals surface area contributed by atoms with Crippen LogP contribution in [0.1, 0.15) is 27.8 Å². The molecule has 9 nitrogen and oxygen atoms in total. The highest BCUT2D eigenvalue weighted by Crippen LogP contribution is 2.35. The lowest BCUT2D eigenvalue weighted by molar-refractivity contribution is 0.0434. The van der Waals surface area contributed by atoms with Crippen molar-refractivity contribution >= 4 is 5.97 Å². The van der Waals surface area contributed by atoms with Gasteiger partial charge < -0.3 is 27.8 Å². The number of hydrogen-bond donors (Lipinski definition) is 0. The minimum absolute atomic E-state index is 0.154. The van der Waals surface area contributed by atoms with Crippen LogP contribution in [0.4, 0.5) is 0 Å². The Morgan fingerprint density at radius 3 is 2.21 bits per heavy atom. The third kappa shape index (κ3) is 3.78. The fourth-order valence-electron chi connectivity index (χ4n) is 2.66. The maximum Gasteiger partial charge on any atom is 0.342 e. The molecule has 1 aromatic carbocycles. The van der Waals surface area contributed by atoms with Gasteiger partial charge in [0.2, 0.25) is 0 Å². The van der Waals surface area contributed by atoms with E-state index < -0.39 is 5.97 Å². The number of rotatable bonds is 7. The van der Waals surface area contributed by atoms with Gasteiger partial charge in [-0.25, -0.2) is 4.79 Å². The third-order valence-electron chi connectivity index (χ3n) is 3.99. The molecule has 0 aliphatic carbocycles. The summed E-state index contributed by atoms with van der Waals surface area (Å²) >= 11 is 0. The monoisotopic (exact) mass is 388 g/mol. The molecule has 0 amide bonds. The van der Waals surface area contributed by atoms with Gasteiger partial charge in [-0.15, -0.1) is 10.2 Å². The number of ether oxygens (including phenoxy) is 4. The van der Waals surface area contributed by atoms with Gasteiger partial charge in [0, 0.05) is 12.1 Å². The first-order chi connectivity index (χ1) is 13.5. The quantitative estimate of drug-likeness (QED) is 0.563. The number of aryl methyl sites for hydroxylation is 2. The molecule has 0 atom stereocenters. The van der Waals surface area contributed by atoms with Crippen molar-refractivity contribution in [1.82, 2.24) is 10.2 Å². The molecule has 0 fully saturated rings. The molecule has 0 aliphatic rings. The van der Waals surface area contributed by atoms with E-state index in [-0.39, 0.29) is 18.1 Å². The lowest BCUT2D eigenvalue weighted by Gasteiger charge is -2.13. The molecular weight excluding hydrogens is 368 g/mol. The Labute approximate surface area is 161 Å². The Hall–Kier alpha value is -3.49. The van der Waals surface area contributed by atoms with Crippen LogP contribution in [0.5, 0.6) is 17.2 Å². The molecule has 2 heterocycles. The molecule has 0 bridgehead atoms. The summed E-state index contributed by atoms with van der Waals surface area (Å²) < 4.78 is 31.9. The lowest BCUT2D eigenvalue weighted by Crippen LogP contribution is -2.08. The summed E-state index contributed by atoms with van der Waals surface area (Å²) in [5.74, 6) is 2.32. The fraction of sp³-hybridized carbons (Fsp3) is 0.316. The van der Waals surface area contributed by atoms with Crippen LogP contribution in [0.3, 0.4) is 0 Å². The van der Waals surface area contributed by atoms with Crippen LogP contribution in [-0.4, -0.2) is 37.5 Å². The Bertz CT molecular complexity index is 990. The summed E-state index contributed by atoms with van der Waals surface area (Å²) in [4.78, 5) is 12.5. The highest BCUT2D eigenvalue weighted by molar-refractivity contribution is 5.93. The Morgan fingerprint density at radius 2 is 1.61 bits per heavy atom. The predicted octanol–water partition coefficient (Wildman–Crippen LogP) is 3.33. The van der Waals surface area contributed by atoms with Crippen molar-refractivity contribution in [3.8, 4) is 28.7 Å². The zero-order chi connectivity index (χ0) is 20.3. The van der Waals surface area contributed by atoms with Crippen LogP contribution < -0.4 is 14.2 Å². The number of esters is 1. The summed E-state index contributed by atoms with van der Waals surface area (Å²) in [6.07, 6.45) is 0. The third-order valence-corrected chi connectivity index (χ3v) is 3.99. The van der Waals surface area contributed by atoms with Crippen molar-refractivity contribution in [2.45, 2.75) is 20.5 Å². The maximum absolute atomic E-state index is 12.5. The van der Waals surface area contributed by atoms with Crippen molar-refractivity contribution in [3.63, 3.8) is 0 Å². The number of aromatic nitrogens is 2. The summed E-state index contributed by atoms with van der Waals surface area (Å²) in [7, 11) is 4.40. The van der Waals surface area contributed by atoms with Crippen molar-refractivity contribution in [2.24, 2.45) is 0 Å². The highest BCUT2D eigenvalue weighted by atomic mass is 16.5. The fourth-order valence-corrected chi connectivity index (χ4v) is 2.66. The number of carbonyl (C=O) groups is 1. The number of nitrogens with zero attached hydrogens (tertiary/aromatic N) is 2. The minimum Gasteiger partial charge on any atom is -0.496 e. The molecule has 0 spiro atoms. The molecule has 148 valence electrons. The second kappa shape index (κ2) is 8.03. The van der Waals surface area contributed by atoms with Crippen molar-refractivity contribution < 1.29 is 32.6 Å². The van der Waals surface area contributed by atoms with Crippen LogP contribution in [-0.2, 0) is 11.3 Å². The van der Waals surface area contributed by atoms with Gasteiger partial charge in [0.1, 0.15) is 22.8 Å². The van der Waals surface area contributed by atoms with E-state index in [9.17, 15) is 4.79 Å². The van der Waals surface area contributed by atoms with Gasteiger partial charge >= 0.3 is 5.97 Å². The van der Waals surface area contributed by atoms with E-state index in [1.807, 2.05) is 6.92 Å². The van der Waals surface area contributed by atoms with Crippen LogP contribution >= 0.6 is 0 Å². The van der Waals surface area contributed by atoms with Crippen LogP contribution in [0.2, 0.25) is 0 Å². The SMILES string of the molecule is COc1cc(OC)c(C(=O)OCc2nnc(-c3cc(C)oc3C)o2)cc1OC. The van der Waals surface area contributed by atoms with Crippen LogP contribution in [0, 0.1) is 13.8 Å². The van der Waals surface area contributed by atoms with E-state index in [0.717, 1.165) is 5.76 Å². The molecular formula is C19H20N2O7. The number of carbonyl (C=O) groups excluding carboxylic acids is 1. The van der Waals surface area contributed by atoms with E-state index in [1.165, 1.54) is 27.4 Å². The first kappa shape index (κ1) is 19.3. The average molecular weight is 388 g/mol. The van der Waals surface area contributed by atoms with Crippen LogP contribution in [0.15, 0.2) is 27.0 Å². The van der Waals surface area contributed by atoms with Crippen molar-refractivity contribution in [2.75, 3.05) is 21.3 Å². The topological polar surface area (TPSA) is 106 Å².